The van der Waals surface area contributed by atoms with E-state index in [2.05, 4.69) is 5.32 Å². The molecule has 0 unspecified atom stereocenters. The molecule has 2 aromatic rings. The maximum atomic E-state index is 13.0. The molecule has 3 nitrogen and oxygen atoms in total. The number of benzene rings is 2. The molecular weight excluding hydrogens is 286 g/mol. The molecule has 1 aliphatic carbocycles. The molecule has 0 spiro atoms. The SMILES string of the molecule is O=CNc1cccc(C(=O)C2CCCCC2)c1-c1ccccc1. The Labute approximate surface area is 136 Å². The molecule has 0 radical (unpaired) electrons. The van der Waals surface area contributed by atoms with Gasteiger partial charge in [-0.15, -0.1) is 0 Å². The number of carbonyl (C=O) groups excluding carboxylic acids is 2. The first-order valence-electron chi connectivity index (χ1n) is 8.24. The van der Waals surface area contributed by atoms with Crippen molar-refractivity contribution in [1.29, 1.82) is 0 Å². The molecule has 118 valence electrons. The minimum absolute atomic E-state index is 0.109. The lowest BCUT2D eigenvalue weighted by atomic mass is 9.81. The van der Waals surface area contributed by atoms with Crippen LogP contribution in [0, 0.1) is 5.92 Å². The Morgan fingerprint density at radius 2 is 1.70 bits per heavy atom. The summed E-state index contributed by atoms with van der Waals surface area (Å²) >= 11 is 0. The summed E-state index contributed by atoms with van der Waals surface area (Å²) in [7, 11) is 0. The maximum absolute atomic E-state index is 13.0. The third-order valence-corrected chi connectivity index (χ3v) is 4.58. The molecule has 23 heavy (non-hydrogen) atoms. The van der Waals surface area contributed by atoms with Crippen molar-refractivity contribution in [3.05, 3.63) is 54.1 Å². The zero-order valence-corrected chi connectivity index (χ0v) is 13.1. The van der Waals surface area contributed by atoms with Crippen LogP contribution in [0.15, 0.2) is 48.5 Å². The van der Waals surface area contributed by atoms with E-state index in [0.29, 0.717) is 12.1 Å². The smallest absolute Gasteiger partial charge is 0.211 e. The van der Waals surface area contributed by atoms with Gasteiger partial charge in [0.05, 0.1) is 0 Å². The number of ketones is 1. The Balaban J connectivity index is 2.07. The summed E-state index contributed by atoms with van der Waals surface area (Å²) in [6.45, 7) is 0. The first-order valence-corrected chi connectivity index (χ1v) is 8.24. The van der Waals surface area contributed by atoms with Crippen molar-refractivity contribution in [3.63, 3.8) is 0 Å². The Kier molecular flexibility index (Phi) is 4.86. The number of hydrogen-bond donors (Lipinski definition) is 1. The average molecular weight is 307 g/mol. The van der Waals surface area contributed by atoms with Crippen LogP contribution in [-0.2, 0) is 4.79 Å². The second-order valence-corrected chi connectivity index (χ2v) is 6.06. The molecule has 0 bridgehead atoms. The van der Waals surface area contributed by atoms with Crippen LogP contribution in [0.5, 0.6) is 0 Å². The van der Waals surface area contributed by atoms with Crippen molar-refractivity contribution in [2.24, 2.45) is 5.92 Å². The van der Waals surface area contributed by atoms with Gasteiger partial charge in [-0.05, 0) is 24.5 Å². The Morgan fingerprint density at radius 3 is 2.39 bits per heavy atom. The lowest BCUT2D eigenvalue weighted by Crippen LogP contribution is -2.19. The van der Waals surface area contributed by atoms with E-state index in [4.69, 9.17) is 0 Å². The van der Waals surface area contributed by atoms with Gasteiger partial charge in [0.25, 0.3) is 0 Å². The van der Waals surface area contributed by atoms with Gasteiger partial charge in [-0.1, -0.05) is 61.7 Å². The molecule has 1 N–H and O–H groups in total. The van der Waals surface area contributed by atoms with Gasteiger partial charge in [0, 0.05) is 22.7 Å². The van der Waals surface area contributed by atoms with Crippen molar-refractivity contribution < 1.29 is 9.59 Å². The van der Waals surface area contributed by atoms with Crippen LogP contribution in [0.25, 0.3) is 11.1 Å². The van der Waals surface area contributed by atoms with E-state index in [9.17, 15) is 9.59 Å². The van der Waals surface area contributed by atoms with E-state index in [1.807, 2.05) is 48.5 Å². The monoisotopic (exact) mass is 307 g/mol. The highest BCUT2D eigenvalue weighted by atomic mass is 16.1. The van der Waals surface area contributed by atoms with Gasteiger partial charge in [0.2, 0.25) is 6.41 Å². The molecule has 3 heteroatoms. The van der Waals surface area contributed by atoms with Gasteiger partial charge < -0.3 is 5.32 Å². The zero-order valence-electron chi connectivity index (χ0n) is 13.1. The summed E-state index contributed by atoms with van der Waals surface area (Å²) in [5, 5.41) is 2.74. The third kappa shape index (κ3) is 3.34. The van der Waals surface area contributed by atoms with Crippen LogP contribution in [0.1, 0.15) is 42.5 Å². The number of anilines is 1. The first-order chi connectivity index (χ1) is 11.3. The number of Topliss-reactive ketones (excluding diaryl/α,β-unsaturated/α-hetero) is 1. The molecule has 0 saturated heterocycles. The van der Waals surface area contributed by atoms with E-state index in [1.165, 1.54) is 6.42 Å². The van der Waals surface area contributed by atoms with Crippen LogP contribution in [0.4, 0.5) is 5.69 Å². The van der Waals surface area contributed by atoms with Gasteiger partial charge >= 0.3 is 0 Å². The van der Waals surface area contributed by atoms with E-state index in [0.717, 1.165) is 42.4 Å². The first kappa shape index (κ1) is 15.5. The van der Waals surface area contributed by atoms with Gasteiger partial charge in [0.15, 0.2) is 5.78 Å². The standard InChI is InChI=1S/C20H21NO2/c22-14-21-18-13-7-12-17(19(18)15-8-3-1-4-9-15)20(23)16-10-5-2-6-11-16/h1,3-4,7-9,12-14,16H,2,5-6,10-11H2,(H,21,22). The molecule has 1 amide bonds. The second-order valence-electron chi connectivity index (χ2n) is 6.06. The van der Waals surface area contributed by atoms with E-state index in [1.54, 1.807) is 0 Å². The highest BCUT2D eigenvalue weighted by Crippen LogP contribution is 2.35. The molecule has 1 aliphatic rings. The van der Waals surface area contributed by atoms with Gasteiger partial charge in [-0.3, -0.25) is 9.59 Å². The predicted molar refractivity (Wildman–Crippen MR) is 92.5 cm³/mol. The average Bonchev–Trinajstić information content (AvgIpc) is 2.63. The molecule has 3 rings (SSSR count). The normalized spacial score (nSPS) is 15.1. The molecule has 1 saturated carbocycles. The number of hydrogen-bond acceptors (Lipinski definition) is 2. The number of rotatable bonds is 5. The minimum atomic E-state index is 0.109. The summed E-state index contributed by atoms with van der Waals surface area (Å²) in [6, 6.07) is 15.4. The van der Waals surface area contributed by atoms with E-state index in [-0.39, 0.29) is 11.7 Å². The van der Waals surface area contributed by atoms with Crippen molar-refractivity contribution in [1.82, 2.24) is 0 Å². The van der Waals surface area contributed by atoms with Crippen LogP contribution in [-0.4, -0.2) is 12.2 Å². The zero-order chi connectivity index (χ0) is 16.1. The van der Waals surface area contributed by atoms with Crippen LogP contribution >= 0.6 is 0 Å². The van der Waals surface area contributed by atoms with Crippen molar-refractivity contribution >= 4 is 17.9 Å². The summed E-state index contributed by atoms with van der Waals surface area (Å²) in [6.07, 6.45) is 6.09. The third-order valence-electron chi connectivity index (χ3n) is 4.58. The fraction of sp³-hybridized carbons (Fsp3) is 0.300. The molecule has 0 heterocycles. The van der Waals surface area contributed by atoms with Crippen molar-refractivity contribution in [2.45, 2.75) is 32.1 Å². The van der Waals surface area contributed by atoms with Crippen LogP contribution in [0.3, 0.4) is 0 Å². The Bertz CT molecular complexity index is 688. The summed E-state index contributed by atoms with van der Waals surface area (Å²) in [4.78, 5) is 24.0. The number of carbonyl (C=O) groups is 2. The lowest BCUT2D eigenvalue weighted by molar-refractivity contribution is -0.105. The molecule has 2 aromatic carbocycles. The van der Waals surface area contributed by atoms with Crippen LogP contribution < -0.4 is 5.32 Å². The summed E-state index contributed by atoms with van der Waals surface area (Å²) < 4.78 is 0. The fourth-order valence-corrected chi connectivity index (χ4v) is 3.44. The molecule has 0 atom stereocenters. The Morgan fingerprint density at radius 1 is 0.957 bits per heavy atom. The predicted octanol–water partition coefficient (Wildman–Crippen LogP) is 4.68. The van der Waals surface area contributed by atoms with Crippen molar-refractivity contribution in [2.75, 3.05) is 5.32 Å². The fourth-order valence-electron chi connectivity index (χ4n) is 3.44. The number of nitrogens with one attached hydrogen (secondary N) is 1. The quantitative estimate of drug-likeness (QED) is 0.643. The largest absolute Gasteiger partial charge is 0.328 e. The number of amides is 1. The highest BCUT2D eigenvalue weighted by molar-refractivity contribution is 6.07. The molecule has 0 aliphatic heterocycles. The summed E-state index contributed by atoms with van der Waals surface area (Å²) in [5.41, 5.74) is 3.19. The second kappa shape index (κ2) is 7.23. The van der Waals surface area contributed by atoms with Gasteiger partial charge in [-0.25, -0.2) is 0 Å². The van der Waals surface area contributed by atoms with Gasteiger partial charge in [-0.2, -0.15) is 0 Å². The maximum Gasteiger partial charge on any atom is 0.211 e. The minimum Gasteiger partial charge on any atom is -0.328 e. The molecular formula is C20H21NO2. The topological polar surface area (TPSA) is 46.2 Å². The van der Waals surface area contributed by atoms with Gasteiger partial charge in [0.1, 0.15) is 0 Å². The lowest BCUT2D eigenvalue weighted by Gasteiger charge is -2.22. The Hall–Kier alpha value is -2.42. The molecule has 0 aromatic heterocycles. The highest BCUT2D eigenvalue weighted by Gasteiger charge is 2.25. The van der Waals surface area contributed by atoms with E-state index >= 15 is 0 Å². The van der Waals surface area contributed by atoms with E-state index < -0.39 is 0 Å². The summed E-state index contributed by atoms with van der Waals surface area (Å²) in [5.74, 6) is 0.316. The van der Waals surface area contributed by atoms with Crippen LogP contribution in [0.2, 0.25) is 0 Å². The molecule has 1 fully saturated rings. The van der Waals surface area contributed by atoms with Crippen molar-refractivity contribution in [3.8, 4) is 11.1 Å².